The van der Waals surface area contributed by atoms with Gasteiger partial charge in [-0.15, -0.1) is 0 Å². The number of hydrogen-bond acceptors (Lipinski definition) is 4. The van der Waals surface area contributed by atoms with Crippen molar-refractivity contribution >= 4 is 0 Å². The Bertz CT molecular complexity index is 964. The molecule has 3 aromatic rings. The lowest BCUT2D eigenvalue weighted by molar-refractivity contribution is -0.00374. The predicted molar refractivity (Wildman–Crippen MR) is 137 cm³/mol. The van der Waals surface area contributed by atoms with Crippen LogP contribution in [0.25, 0.3) is 0 Å². The maximum Gasteiger partial charge on any atom is 0.143 e. The molecule has 1 saturated heterocycles. The molecule has 4 heteroatoms. The molecule has 0 atom stereocenters. The highest BCUT2D eigenvalue weighted by Gasteiger charge is 2.37. The van der Waals surface area contributed by atoms with Crippen LogP contribution >= 0.6 is 0 Å². The molecule has 0 aromatic heterocycles. The average molecular weight is 454 g/mol. The van der Waals surface area contributed by atoms with E-state index in [-0.39, 0.29) is 5.54 Å². The highest BCUT2D eigenvalue weighted by atomic mass is 16.5. The van der Waals surface area contributed by atoms with Crippen LogP contribution in [0.1, 0.15) is 37.0 Å². The van der Waals surface area contributed by atoms with Gasteiger partial charge in [-0.1, -0.05) is 91.0 Å². The van der Waals surface area contributed by atoms with Crippen molar-refractivity contribution < 1.29 is 4.74 Å². The van der Waals surface area contributed by atoms with Gasteiger partial charge >= 0.3 is 0 Å². The molecule has 1 aliphatic heterocycles. The fraction of sp³-hybridized carbons (Fsp3) is 0.367. The van der Waals surface area contributed by atoms with Crippen LogP contribution in [0.2, 0.25) is 0 Å². The maximum atomic E-state index is 9.13. The zero-order chi connectivity index (χ0) is 23.9. The van der Waals surface area contributed by atoms with Gasteiger partial charge in [0, 0.05) is 38.3 Å². The lowest BCUT2D eigenvalue weighted by Crippen LogP contribution is -2.59. The van der Waals surface area contributed by atoms with E-state index < -0.39 is 5.60 Å². The summed E-state index contributed by atoms with van der Waals surface area (Å²) in [6.45, 7) is 9.50. The molecule has 3 aromatic carbocycles. The number of piperazine rings is 1. The fourth-order valence-corrected chi connectivity index (χ4v) is 5.14. The molecule has 0 radical (unpaired) electrons. The van der Waals surface area contributed by atoms with Crippen LogP contribution in [0.3, 0.4) is 0 Å². The Morgan fingerprint density at radius 3 is 1.76 bits per heavy atom. The van der Waals surface area contributed by atoms with Crippen molar-refractivity contribution in [1.29, 1.82) is 5.26 Å². The summed E-state index contributed by atoms with van der Waals surface area (Å²) < 4.78 is 6.91. The van der Waals surface area contributed by atoms with E-state index in [2.05, 4.69) is 121 Å². The molecule has 1 heterocycles. The van der Waals surface area contributed by atoms with Crippen LogP contribution in [-0.2, 0) is 10.3 Å². The van der Waals surface area contributed by atoms with Crippen LogP contribution in [0.4, 0.5) is 0 Å². The lowest BCUT2D eigenvalue weighted by Gasteiger charge is -2.46. The minimum Gasteiger partial charge on any atom is -0.361 e. The van der Waals surface area contributed by atoms with Crippen LogP contribution in [0.15, 0.2) is 91.0 Å². The summed E-state index contributed by atoms with van der Waals surface area (Å²) in [5.74, 6) is 0. The number of nitrogens with zero attached hydrogens (tertiary/aromatic N) is 3. The van der Waals surface area contributed by atoms with Crippen molar-refractivity contribution in [2.45, 2.75) is 31.4 Å². The third kappa shape index (κ3) is 5.23. The highest BCUT2D eigenvalue weighted by Crippen LogP contribution is 2.40. The quantitative estimate of drug-likeness (QED) is 0.250. The van der Waals surface area contributed by atoms with Gasteiger partial charge in [0.05, 0.1) is 12.6 Å². The average Bonchev–Trinajstić information content (AvgIpc) is 2.87. The standard InChI is InChI=1S/C30H35N3O/c1-29(2)25-32(22-23-33(29)21-19-31)20-12-24-34-30(26-13-6-3-7-14-26,27-15-8-4-9-16-27)28-17-10-5-11-18-28/h3-11,13-18H,12,20-25H2,1-2H3. The van der Waals surface area contributed by atoms with Crippen molar-refractivity contribution in [2.75, 3.05) is 39.3 Å². The van der Waals surface area contributed by atoms with Crippen molar-refractivity contribution in [3.8, 4) is 6.07 Å². The zero-order valence-corrected chi connectivity index (χ0v) is 20.4. The van der Waals surface area contributed by atoms with Crippen LogP contribution < -0.4 is 0 Å². The molecule has 0 spiro atoms. The van der Waals surface area contributed by atoms with E-state index >= 15 is 0 Å². The molecule has 0 aliphatic carbocycles. The molecular formula is C30H35N3O. The molecular weight excluding hydrogens is 418 g/mol. The SMILES string of the molecule is CC1(C)CN(CCCOC(c2ccccc2)(c2ccccc2)c2ccccc2)CCN1CC#N. The summed E-state index contributed by atoms with van der Waals surface area (Å²) in [5, 5.41) is 9.13. The van der Waals surface area contributed by atoms with E-state index in [1.165, 1.54) is 0 Å². The summed E-state index contributed by atoms with van der Waals surface area (Å²) in [7, 11) is 0. The molecule has 0 bridgehead atoms. The van der Waals surface area contributed by atoms with E-state index in [4.69, 9.17) is 10.00 Å². The number of ether oxygens (including phenoxy) is 1. The normalized spacial score (nSPS) is 16.7. The van der Waals surface area contributed by atoms with Gasteiger partial charge in [-0.25, -0.2) is 0 Å². The fourth-order valence-electron chi connectivity index (χ4n) is 5.14. The molecule has 0 saturated carbocycles. The number of rotatable bonds is 9. The second-order valence-electron chi connectivity index (χ2n) is 9.65. The van der Waals surface area contributed by atoms with Crippen molar-refractivity contribution in [3.05, 3.63) is 108 Å². The largest absolute Gasteiger partial charge is 0.361 e. The van der Waals surface area contributed by atoms with E-state index in [9.17, 15) is 0 Å². The van der Waals surface area contributed by atoms with Crippen molar-refractivity contribution in [3.63, 3.8) is 0 Å². The molecule has 4 rings (SSSR count). The summed E-state index contributed by atoms with van der Waals surface area (Å²) in [6, 6.07) is 34.0. The molecule has 1 fully saturated rings. The zero-order valence-electron chi connectivity index (χ0n) is 20.4. The smallest absolute Gasteiger partial charge is 0.143 e. The molecule has 0 N–H and O–H groups in total. The third-order valence-electron chi connectivity index (χ3n) is 6.89. The Hall–Kier alpha value is -2.97. The Labute approximate surface area is 204 Å². The topological polar surface area (TPSA) is 39.5 Å². The molecule has 4 nitrogen and oxygen atoms in total. The second kappa shape index (κ2) is 11.0. The van der Waals surface area contributed by atoms with Gasteiger partial charge < -0.3 is 9.64 Å². The first-order valence-corrected chi connectivity index (χ1v) is 12.2. The number of nitriles is 1. The van der Waals surface area contributed by atoms with E-state index in [0.717, 1.165) is 49.3 Å². The second-order valence-corrected chi connectivity index (χ2v) is 9.65. The lowest BCUT2D eigenvalue weighted by atomic mass is 9.80. The summed E-state index contributed by atoms with van der Waals surface area (Å²) >= 11 is 0. The Morgan fingerprint density at radius 2 is 1.32 bits per heavy atom. The molecule has 0 amide bonds. The monoisotopic (exact) mass is 453 g/mol. The van der Waals surface area contributed by atoms with Gasteiger partial charge in [-0.05, 0) is 37.0 Å². The molecule has 1 aliphatic rings. The molecule has 176 valence electrons. The number of benzene rings is 3. The van der Waals surface area contributed by atoms with E-state index in [1.54, 1.807) is 0 Å². The van der Waals surface area contributed by atoms with Crippen LogP contribution in [0.5, 0.6) is 0 Å². The first-order chi connectivity index (χ1) is 16.6. The van der Waals surface area contributed by atoms with Gasteiger partial charge in [-0.2, -0.15) is 5.26 Å². The van der Waals surface area contributed by atoms with Crippen molar-refractivity contribution in [1.82, 2.24) is 9.80 Å². The molecule has 34 heavy (non-hydrogen) atoms. The van der Waals surface area contributed by atoms with E-state index in [1.807, 2.05) is 0 Å². The van der Waals surface area contributed by atoms with Gasteiger partial charge in [0.25, 0.3) is 0 Å². The Morgan fingerprint density at radius 1 is 0.824 bits per heavy atom. The molecule has 0 unspecified atom stereocenters. The van der Waals surface area contributed by atoms with Gasteiger partial charge in [-0.3, -0.25) is 4.90 Å². The Kier molecular flexibility index (Phi) is 7.80. The predicted octanol–water partition coefficient (Wildman–Crippen LogP) is 5.30. The van der Waals surface area contributed by atoms with Gasteiger partial charge in [0.2, 0.25) is 0 Å². The van der Waals surface area contributed by atoms with Crippen LogP contribution in [-0.4, -0.2) is 54.7 Å². The van der Waals surface area contributed by atoms with Crippen molar-refractivity contribution in [2.24, 2.45) is 0 Å². The minimum absolute atomic E-state index is 0.0106. The summed E-state index contributed by atoms with van der Waals surface area (Å²) in [6.07, 6.45) is 0.947. The third-order valence-corrected chi connectivity index (χ3v) is 6.89. The number of hydrogen-bond donors (Lipinski definition) is 0. The van der Waals surface area contributed by atoms with E-state index in [0.29, 0.717) is 13.2 Å². The van der Waals surface area contributed by atoms with Gasteiger partial charge in [0.15, 0.2) is 0 Å². The highest BCUT2D eigenvalue weighted by molar-refractivity contribution is 5.47. The maximum absolute atomic E-state index is 9.13. The first-order valence-electron chi connectivity index (χ1n) is 12.2. The minimum atomic E-state index is -0.658. The Balaban J connectivity index is 1.53. The summed E-state index contributed by atoms with van der Waals surface area (Å²) in [4.78, 5) is 4.79. The summed E-state index contributed by atoms with van der Waals surface area (Å²) in [5.41, 5.74) is 2.77. The first kappa shape index (κ1) is 24.2. The van der Waals surface area contributed by atoms with Crippen LogP contribution in [0, 0.1) is 11.3 Å². The van der Waals surface area contributed by atoms with Gasteiger partial charge in [0.1, 0.15) is 5.60 Å².